The summed E-state index contributed by atoms with van der Waals surface area (Å²) >= 11 is 0. The summed E-state index contributed by atoms with van der Waals surface area (Å²) in [6.45, 7) is 8.09. The molecule has 3 rings (SSSR count). The highest BCUT2D eigenvalue weighted by Gasteiger charge is 2.12. The van der Waals surface area contributed by atoms with Gasteiger partial charge in [-0.3, -0.25) is 9.89 Å². The van der Waals surface area contributed by atoms with Crippen LogP contribution >= 0.6 is 24.0 Å². The summed E-state index contributed by atoms with van der Waals surface area (Å²) in [6, 6.07) is 14.8. The van der Waals surface area contributed by atoms with Gasteiger partial charge in [0.15, 0.2) is 5.96 Å². The Labute approximate surface area is 197 Å². The largest absolute Gasteiger partial charge is 0.496 e. The molecule has 0 bridgehead atoms. The molecule has 1 aliphatic heterocycles. The van der Waals surface area contributed by atoms with Gasteiger partial charge in [0, 0.05) is 39.8 Å². The van der Waals surface area contributed by atoms with Crippen LogP contribution in [0.1, 0.15) is 22.3 Å². The first-order valence-electron chi connectivity index (χ1n) is 10.1. The molecule has 2 aromatic rings. The number of aryl methyl sites for hydroxylation is 1. The third-order valence-corrected chi connectivity index (χ3v) is 5.21. The van der Waals surface area contributed by atoms with Crippen LogP contribution in [0.5, 0.6) is 5.75 Å². The van der Waals surface area contributed by atoms with Crippen LogP contribution in [-0.2, 0) is 24.4 Å². The van der Waals surface area contributed by atoms with Gasteiger partial charge in [-0.1, -0.05) is 36.4 Å². The fourth-order valence-electron chi connectivity index (χ4n) is 3.52. The van der Waals surface area contributed by atoms with E-state index in [9.17, 15) is 0 Å². The Morgan fingerprint density at radius 3 is 2.43 bits per heavy atom. The molecule has 1 saturated heterocycles. The summed E-state index contributed by atoms with van der Waals surface area (Å²) in [5.74, 6) is 1.70. The minimum Gasteiger partial charge on any atom is -0.496 e. The van der Waals surface area contributed by atoms with E-state index in [4.69, 9.17) is 9.47 Å². The Balaban J connectivity index is 0.00000320. The van der Waals surface area contributed by atoms with Gasteiger partial charge < -0.3 is 20.1 Å². The third-order valence-electron chi connectivity index (χ3n) is 5.21. The van der Waals surface area contributed by atoms with Crippen molar-refractivity contribution < 1.29 is 9.47 Å². The van der Waals surface area contributed by atoms with Gasteiger partial charge in [0.1, 0.15) is 5.75 Å². The molecule has 0 amide bonds. The van der Waals surface area contributed by atoms with Crippen molar-refractivity contribution in [3.05, 3.63) is 64.7 Å². The molecule has 164 valence electrons. The van der Waals surface area contributed by atoms with E-state index in [1.54, 1.807) is 14.2 Å². The van der Waals surface area contributed by atoms with Crippen LogP contribution in [-0.4, -0.2) is 51.3 Å². The number of ether oxygens (including phenoxy) is 2. The van der Waals surface area contributed by atoms with Crippen LogP contribution < -0.4 is 15.4 Å². The Hall–Kier alpha value is -1.84. The lowest BCUT2D eigenvalue weighted by Crippen LogP contribution is -2.37. The summed E-state index contributed by atoms with van der Waals surface area (Å²) in [6.07, 6.45) is 0. The predicted molar refractivity (Wildman–Crippen MR) is 133 cm³/mol. The van der Waals surface area contributed by atoms with E-state index in [-0.39, 0.29) is 24.0 Å². The highest BCUT2D eigenvalue weighted by atomic mass is 127. The van der Waals surface area contributed by atoms with E-state index < -0.39 is 0 Å². The molecule has 0 aliphatic carbocycles. The number of halogens is 1. The molecule has 1 aliphatic rings. The number of hydrogen-bond donors (Lipinski definition) is 2. The number of methoxy groups -OCH3 is 1. The molecule has 0 saturated carbocycles. The highest BCUT2D eigenvalue weighted by Crippen LogP contribution is 2.18. The van der Waals surface area contributed by atoms with Crippen LogP contribution in [0.3, 0.4) is 0 Å². The van der Waals surface area contributed by atoms with Crippen molar-refractivity contribution >= 4 is 29.9 Å². The molecule has 1 heterocycles. The van der Waals surface area contributed by atoms with E-state index in [0.717, 1.165) is 56.7 Å². The van der Waals surface area contributed by atoms with E-state index in [1.807, 2.05) is 6.07 Å². The normalized spacial score (nSPS) is 14.7. The van der Waals surface area contributed by atoms with Gasteiger partial charge in [0.25, 0.3) is 0 Å². The standard InChI is InChI=1S/C23H32N4O2.HI/c1-18-14-19(8-9-22(18)28-3)15-25-23(24-2)26-16-20-6-4-5-7-21(20)17-27-10-12-29-13-11-27;/h4-9,14H,10-13,15-17H2,1-3H3,(H2,24,25,26);1H. The molecule has 0 aromatic heterocycles. The summed E-state index contributed by atoms with van der Waals surface area (Å²) in [7, 11) is 3.50. The number of rotatable bonds is 7. The van der Waals surface area contributed by atoms with Crippen molar-refractivity contribution in [2.45, 2.75) is 26.6 Å². The maximum absolute atomic E-state index is 5.46. The first-order valence-corrected chi connectivity index (χ1v) is 10.1. The van der Waals surface area contributed by atoms with E-state index in [2.05, 4.69) is 63.8 Å². The van der Waals surface area contributed by atoms with Crippen molar-refractivity contribution in [2.75, 3.05) is 40.5 Å². The zero-order valence-corrected chi connectivity index (χ0v) is 20.4. The second-order valence-electron chi connectivity index (χ2n) is 7.24. The van der Waals surface area contributed by atoms with Crippen LogP contribution in [0, 0.1) is 6.92 Å². The van der Waals surface area contributed by atoms with Crippen LogP contribution in [0.25, 0.3) is 0 Å². The monoisotopic (exact) mass is 524 g/mol. The SMILES string of the molecule is CN=C(NCc1ccc(OC)c(C)c1)NCc1ccccc1CN1CCOCC1.I. The van der Waals surface area contributed by atoms with Gasteiger partial charge in [-0.05, 0) is 35.2 Å². The Morgan fingerprint density at radius 2 is 1.77 bits per heavy atom. The average Bonchev–Trinajstić information content (AvgIpc) is 2.76. The van der Waals surface area contributed by atoms with Gasteiger partial charge in [0.2, 0.25) is 0 Å². The molecule has 0 radical (unpaired) electrons. The number of morpholine rings is 1. The average molecular weight is 524 g/mol. The number of nitrogens with zero attached hydrogens (tertiary/aromatic N) is 2. The molecule has 0 spiro atoms. The Bertz CT molecular complexity index is 823. The molecule has 6 nitrogen and oxygen atoms in total. The summed E-state index contributed by atoms with van der Waals surface area (Å²) in [5, 5.41) is 6.83. The van der Waals surface area contributed by atoms with E-state index >= 15 is 0 Å². The van der Waals surface area contributed by atoms with Crippen molar-refractivity contribution in [2.24, 2.45) is 4.99 Å². The van der Waals surface area contributed by atoms with E-state index in [1.165, 1.54) is 16.7 Å². The van der Waals surface area contributed by atoms with Crippen molar-refractivity contribution in [3.8, 4) is 5.75 Å². The number of nitrogens with one attached hydrogen (secondary N) is 2. The third kappa shape index (κ3) is 7.14. The summed E-state index contributed by atoms with van der Waals surface area (Å²) < 4.78 is 10.8. The topological polar surface area (TPSA) is 58.1 Å². The number of hydrogen-bond acceptors (Lipinski definition) is 4. The second kappa shape index (κ2) is 12.8. The molecule has 2 aromatic carbocycles. The van der Waals surface area contributed by atoms with Crippen LogP contribution in [0.4, 0.5) is 0 Å². The van der Waals surface area contributed by atoms with Crippen molar-refractivity contribution in [3.63, 3.8) is 0 Å². The van der Waals surface area contributed by atoms with Gasteiger partial charge in [-0.25, -0.2) is 0 Å². The van der Waals surface area contributed by atoms with Gasteiger partial charge in [-0.2, -0.15) is 0 Å². The summed E-state index contributed by atoms with van der Waals surface area (Å²) in [4.78, 5) is 6.81. The highest BCUT2D eigenvalue weighted by molar-refractivity contribution is 14.0. The maximum Gasteiger partial charge on any atom is 0.191 e. The van der Waals surface area contributed by atoms with Gasteiger partial charge >= 0.3 is 0 Å². The van der Waals surface area contributed by atoms with Gasteiger partial charge in [-0.15, -0.1) is 24.0 Å². The van der Waals surface area contributed by atoms with Crippen LogP contribution in [0.2, 0.25) is 0 Å². The molecule has 0 atom stereocenters. The molecule has 1 fully saturated rings. The minimum atomic E-state index is 0. The van der Waals surface area contributed by atoms with Gasteiger partial charge in [0.05, 0.1) is 20.3 Å². The maximum atomic E-state index is 5.46. The summed E-state index contributed by atoms with van der Waals surface area (Å²) in [5.41, 5.74) is 4.97. The lowest BCUT2D eigenvalue weighted by Gasteiger charge is -2.27. The zero-order chi connectivity index (χ0) is 20.5. The fraction of sp³-hybridized carbons (Fsp3) is 0.435. The smallest absolute Gasteiger partial charge is 0.191 e. The molecule has 0 unspecified atom stereocenters. The Morgan fingerprint density at radius 1 is 1.07 bits per heavy atom. The zero-order valence-electron chi connectivity index (χ0n) is 18.1. The molecular formula is C23H33IN4O2. The molecule has 7 heteroatoms. The lowest BCUT2D eigenvalue weighted by molar-refractivity contribution is 0.0341. The molecular weight excluding hydrogens is 491 g/mol. The Kier molecular flexibility index (Phi) is 10.4. The second-order valence-corrected chi connectivity index (χ2v) is 7.24. The molecule has 30 heavy (non-hydrogen) atoms. The van der Waals surface area contributed by atoms with E-state index in [0.29, 0.717) is 6.54 Å². The van der Waals surface area contributed by atoms with Crippen LogP contribution in [0.15, 0.2) is 47.5 Å². The predicted octanol–water partition coefficient (Wildman–Crippen LogP) is 3.32. The first-order chi connectivity index (χ1) is 14.2. The fourth-order valence-corrected chi connectivity index (χ4v) is 3.52. The lowest BCUT2D eigenvalue weighted by atomic mass is 10.1. The quantitative estimate of drug-likeness (QED) is 0.331. The van der Waals surface area contributed by atoms with Crippen molar-refractivity contribution in [1.82, 2.24) is 15.5 Å². The number of aliphatic imine (C=N–C) groups is 1. The van der Waals surface area contributed by atoms with Crippen molar-refractivity contribution in [1.29, 1.82) is 0 Å². The first kappa shape index (κ1) is 24.4. The molecule has 2 N–H and O–H groups in total. The number of benzene rings is 2. The number of guanidine groups is 1. The minimum absolute atomic E-state index is 0.